The highest BCUT2D eigenvalue weighted by atomic mass is 32.2. The minimum absolute atomic E-state index is 0.109. The van der Waals surface area contributed by atoms with Gasteiger partial charge in [-0.15, -0.1) is 11.3 Å². The summed E-state index contributed by atoms with van der Waals surface area (Å²) in [5.41, 5.74) is 1.07. The first-order valence-corrected chi connectivity index (χ1v) is 12.4. The molecule has 0 radical (unpaired) electrons. The molecule has 0 spiro atoms. The molecule has 1 heterocycles. The maximum Gasteiger partial charge on any atom is 0.282 e. The molecular formula is C23H14N2O3S3. The van der Waals surface area contributed by atoms with E-state index in [0.717, 1.165) is 21.0 Å². The second-order valence-corrected chi connectivity index (χ2v) is 10.7. The molecule has 1 aromatic heterocycles. The van der Waals surface area contributed by atoms with Gasteiger partial charge in [0.05, 0.1) is 25.7 Å². The first-order chi connectivity index (χ1) is 15.0. The van der Waals surface area contributed by atoms with Crippen LogP contribution in [-0.2, 0) is 14.8 Å². The lowest BCUT2D eigenvalue weighted by Gasteiger charge is -2.07. The van der Waals surface area contributed by atoms with Gasteiger partial charge >= 0.3 is 0 Å². The monoisotopic (exact) mass is 462 g/mol. The Kier molecular flexibility index (Phi) is 5.05. The van der Waals surface area contributed by atoms with Gasteiger partial charge in [-0.3, -0.25) is 4.79 Å². The van der Waals surface area contributed by atoms with Crippen LogP contribution in [0.3, 0.4) is 0 Å². The minimum atomic E-state index is -3.93. The van der Waals surface area contributed by atoms with E-state index in [1.54, 1.807) is 18.2 Å². The number of sulfonamides is 1. The van der Waals surface area contributed by atoms with Gasteiger partial charge in [0.2, 0.25) is 0 Å². The molecule has 0 saturated heterocycles. The van der Waals surface area contributed by atoms with Gasteiger partial charge in [-0.2, -0.15) is 12.8 Å². The number of thiazole rings is 1. The molecular weight excluding hydrogens is 448 g/mol. The average molecular weight is 463 g/mol. The van der Waals surface area contributed by atoms with Crippen LogP contribution in [0.2, 0.25) is 0 Å². The summed E-state index contributed by atoms with van der Waals surface area (Å²) >= 11 is 2.70. The summed E-state index contributed by atoms with van der Waals surface area (Å²) in [7, 11) is -3.93. The van der Waals surface area contributed by atoms with Crippen molar-refractivity contribution in [2.24, 2.45) is 4.40 Å². The highest BCUT2D eigenvalue weighted by molar-refractivity contribution is 8.05. The van der Waals surface area contributed by atoms with E-state index in [9.17, 15) is 13.2 Å². The van der Waals surface area contributed by atoms with Crippen LogP contribution in [0.5, 0.6) is 0 Å². The number of aromatic nitrogens is 1. The van der Waals surface area contributed by atoms with Crippen molar-refractivity contribution in [1.29, 1.82) is 0 Å². The first-order valence-electron chi connectivity index (χ1n) is 9.29. The molecule has 0 atom stereocenters. The molecule has 5 nitrogen and oxygen atoms in total. The molecule has 8 heteroatoms. The minimum Gasteiger partial charge on any atom is -0.289 e. The molecule has 0 amide bonds. The van der Waals surface area contributed by atoms with Crippen molar-refractivity contribution in [3.63, 3.8) is 0 Å². The molecule has 1 aliphatic carbocycles. The van der Waals surface area contributed by atoms with Crippen molar-refractivity contribution in [3.05, 3.63) is 89.9 Å². The van der Waals surface area contributed by atoms with Crippen molar-refractivity contribution in [3.8, 4) is 0 Å². The number of rotatable bonds is 4. The highest BCUT2D eigenvalue weighted by Gasteiger charge is 2.19. The summed E-state index contributed by atoms with van der Waals surface area (Å²) in [6.45, 7) is 0. The fraction of sp³-hybridized carbons (Fsp3) is 0. The van der Waals surface area contributed by atoms with E-state index in [4.69, 9.17) is 0 Å². The maximum atomic E-state index is 12.9. The van der Waals surface area contributed by atoms with Crippen LogP contribution < -0.4 is 0 Å². The van der Waals surface area contributed by atoms with Crippen LogP contribution in [0.4, 0.5) is 0 Å². The Morgan fingerprint density at radius 2 is 1.68 bits per heavy atom. The van der Waals surface area contributed by atoms with Crippen LogP contribution >= 0.6 is 23.1 Å². The van der Waals surface area contributed by atoms with Gasteiger partial charge in [0.15, 0.2) is 10.1 Å². The predicted octanol–water partition coefficient (Wildman–Crippen LogP) is 5.39. The number of carbonyl (C=O) groups excluding carboxylic acids is 1. The quantitative estimate of drug-likeness (QED) is 0.380. The predicted molar refractivity (Wildman–Crippen MR) is 126 cm³/mol. The second kappa shape index (κ2) is 7.88. The Labute approximate surface area is 186 Å². The topological polar surface area (TPSA) is 76.5 Å². The van der Waals surface area contributed by atoms with Crippen LogP contribution in [0.1, 0.15) is 0 Å². The zero-order valence-electron chi connectivity index (χ0n) is 15.9. The van der Waals surface area contributed by atoms with Gasteiger partial charge < -0.3 is 0 Å². The fourth-order valence-electron chi connectivity index (χ4n) is 3.14. The zero-order chi connectivity index (χ0) is 21.4. The van der Waals surface area contributed by atoms with Gasteiger partial charge in [0.1, 0.15) is 0 Å². The van der Waals surface area contributed by atoms with E-state index in [1.165, 1.54) is 41.3 Å². The van der Waals surface area contributed by atoms with Crippen LogP contribution in [-0.4, -0.2) is 24.9 Å². The molecule has 0 aliphatic heterocycles. The first kappa shape index (κ1) is 19.9. The van der Waals surface area contributed by atoms with E-state index in [1.807, 2.05) is 48.5 Å². The number of allylic oxidation sites excluding steroid dienone is 4. The number of thioether (sulfide) groups is 1. The highest BCUT2D eigenvalue weighted by Crippen LogP contribution is 2.35. The summed E-state index contributed by atoms with van der Waals surface area (Å²) < 4.78 is 31.4. The third-order valence-corrected chi connectivity index (χ3v) is 8.08. The largest absolute Gasteiger partial charge is 0.289 e. The van der Waals surface area contributed by atoms with E-state index < -0.39 is 10.0 Å². The van der Waals surface area contributed by atoms with E-state index in [0.29, 0.717) is 9.24 Å². The molecule has 5 rings (SSSR count). The Bertz CT molecular complexity index is 1510. The number of fused-ring (bicyclic) bond motifs is 2. The smallest absolute Gasteiger partial charge is 0.282 e. The number of benzene rings is 3. The Morgan fingerprint density at radius 3 is 2.52 bits per heavy atom. The molecule has 1 aliphatic rings. The lowest BCUT2D eigenvalue weighted by molar-refractivity contribution is -0.110. The standard InChI is InChI=1S/C23H14N2O3S3/c26-20-12-10-17(14-22(20)30-23-24-19-7-3-4-8-21(19)29-23)25-31(27,28)18-11-9-15-5-1-2-6-16(15)13-18/h1-14H/b25-17+. The van der Waals surface area contributed by atoms with Crippen molar-refractivity contribution in [2.45, 2.75) is 9.24 Å². The van der Waals surface area contributed by atoms with E-state index >= 15 is 0 Å². The summed E-state index contributed by atoms with van der Waals surface area (Å²) in [6.07, 6.45) is 4.26. The van der Waals surface area contributed by atoms with Crippen LogP contribution in [0.25, 0.3) is 21.0 Å². The lowest BCUT2D eigenvalue weighted by atomic mass is 10.1. The summed E-state index contributed by atoms with van der Waals surface area (Å²) in [6, 6.07) is 20.2. The lowest BCUT2D eigenvalue weighted by Crippen LogP contribution is -2.08. The average Bonchev–Trinajstić information content (AvgIpc) is 3.18. The molecule has 152 valence electrons. The fourth-order valence-corrected chi connectivity index (χ4v) is 6.24. The molecule has 0 N–H and O–H groups in total. The van der Waals surface area contributed by atoms with Gasteiger partial charge in [-0.25, -0.2) is 4.98 Å². The van der Waals surface area contributed by atoms with Crippen molar-refractivity contribution < 1.29 is 13.2 Å². The number of para-hydroxylation sites is 1. The SMILES string of the molecule is O=C1C=C/C(=N\S(=O)(=O)c2ccc3ccccc3c2)C=C1Sc1nc2ccccc2s1. The van der Waals surface area contributed by atoms with Gasteiger partial charge in [0.25, 0.3) is 10.0 Å². The Hall–Kier alpha value is -3.07. The molecule has 31 heavy (non-hydrogen) atoms. The zero-order valence-corrected chi connectivity index (χ0v) is 18.4. The van der Waals surface area contributed by atoms with E-state index in [-0.39, 0.29) is 16.4 Å². The Balaban J connectivity index is 1.47. The maximum absolute atomic E-state index is 12.9. The Morgan fingerprint density at radius 1 is 0.903 bits per heavy atom. The third kappa shape index (κ3) is 4.10. The van der Waals surface area contributed by atoms with Gasteiger partial charge in [-0.1, -0.05) is 54.2 Å². The molecule has 4 aromatic rings. The van der Waals surface area contributed by atoms with E-state index in [2.05, 4.69) is 9.38 Å². The van der Waals surface area contributed by atoms with Crippen molar-refractivity contribution in [2.75, 3.05) is 0 Å². The molecule has 0 bridgehead atoms. The molecule has 0 saturated carbocycles. The number of carbonyl (C=O) groups is 1. The van der Waals surface area contributed by atoms with Gasteiger partial charge in [-0.05, 0) is 53.3 Å². The van der Waals surface area contributed by atoms with Crippen LogP contribution in [0.15, 0.2) is 103 Å². The third-order valence-electron chi connectivity index (χ3n) is 4.64. The normalized spacial score (nSPS) is 15.7. The number of hydrogen-bond donors (Lipinski definition) is 0. The number of nitrogens with zero attached hydrogens (tertiary/aromatic N) is 2. The second-order valence-electron chi connectivity index (χ2n) is 6.76. The summed E-state index contributed by atoms with van der Waals surface area (Å²) in [5, 5.41) is 1.77. The summed E-state index contributed by atoms with van der Waals surface area (Å²) in [5.74, 6) is -0.202. The molecule has 3 aromatic carbocycles. The van der Waals surface area contributed by atoms with Crippen molar-refractivity contribution in [1.82, 2.24) is 4.98 Å². The van der Waals surface area contributed by atoms with Crippen LogP contribution in [0, 0.1) is 0 Å². The van der Waals surface area contributed by atoms with Crippen molar-refractivity contribution >= 4 is 65.6 Å². The molecule has 0 unspecified atom stereocenters. The molecule has 0 fully saturated rings. The number of hydrogen-bond acceptors (Lipinski definition) is 6. The summed E-state index contributed by atoms with van der Waals surface area (Å²) in [4.78, 5) is 17.4. The van der Waals surface area contributed by atoms with Gasteiger partial charge in [0, 0.05) is 0 Å². The number of ketones is 1.